The zero-order chi connectivity index (χ0) is 11.4. The second-order valence-electron chi connectivity index (χ2n) is 4.32. The minimum absolute atomic E-state index is 0.627. The predicted octanol–water partition coefficient (Wildman–Crippen LogP) is 2.14. The number of thioether (sulfide) groups is 1. The number of nitrogens with zero attached hydrogens (tertiary/aromatic N) is 2. The smallest absolute Gasteiger partial charge is 0.223 e. The summed E-state index contributed by atoms with van der Waals surface area (Å²) >= 11 is 2.00. The van der Waals surface area contributed by atoms with Crippen molar-refractivity contribution in [3.63, 3.8) is 0 Å². The van der Waals surface area contributed by atoms with E-state index in [2.05, 4.69) is 21.7 Å². The number of hydrogen-bond donors (Lipinski definition) is 1. The summed E-state index contributed by atoms with van der Waals surface area (Å²) in [6.45, 7) is 2.55. The molecule has 1 heterocycles. The summed E-state index contributed by atoms with van der Waals surface area (Å²) in [5.74, 6) is 1.41. The first-order valence-corrected chi connectivity index (χ1v) is 7.12. The van der Waals surface area contributed by atoms with E-state index in [1.54, 1.807) is 0 Å². The van der Waals surface area contributed by atoms with Crippen LogP contribution in [0.5, 0.6) is 0 Å². The molecule has 1 aromatic heterocycles. The molecule has 1 aliphatic carbocycles. The van der Waals surface area contributed by atoms with Crippen molar-refractivity contribution in [1.82, 2.24) is 15.5 Å². The second kappa shape index (κ2) is 5.68. The lowest BCUT2D eigenvalue weighted by Crippen LogP contribution is -2.33. The van der Waals surface area contributed by atoms with Gasteiger partial charge < -0.3 is 9.84 Å². The van der Waals surface area contributed by atoms with Crippen LogP contribution in [-0.4, -0.2) is 27.7 Å². The van der Waals surface area contributed by atoms with Gasteiger partial charge >= 0.3 is 0 Å². The van der Waals surface area contributed by atoms with Crippen LogP contribution in [0.25, 0.3) is 0 Å². The zero-order valence-electron chi connectivity index (χ0n) is 9.90. The van der Waals surface area contributed by atoms with Crippen molar-refractivity contribution in [1.29, 1.82) is 0 Å². The SMILES string of the molecule is CSC1CCC(NCc2noc(C)n2)CC1. The van der Waals surface area contributed by atoms with Crippen LogP contribution in [-0.2, 0) is 6.54 Å². The van der Waals surface area contributed by atoms with Crippen molar-refractivity contribution >= 4 is 11.8 Å². The van der Waals surface area contributed by atoms with Gasteiger partial charge in [0.1, 0.15) is 0 Å². The molecule has 16 heavy (non-hydrogen) atoms. The molecule has 1 N–H and O–H groups in total. The van der Waals surface area contributed by atoms with E-state index in [9.17, 15) is 0 Å². The molecule has 0 aliphatic heterocycles. The van der Waals surface area contributed by atoms with Gasteiger partial charge in [-0.05, 0) is 31.9 Å². The summed E-state index contributed by atoms with van der Waals surface area (Å²) in [5, 5.41) is 8.25. The van der Waals surface area contributed by atoms with Crippen LogP contribution in [0.1, 0.15) is 37.4 Å². The Bertz CT molecular complexity index is 321. The molecule has 1 aliphatic rings. The molecule has 4 nitrogen and oxygen atoms in total. The predicted molar refractivity (Wildman–Crippen MR) is 65.4 cm³/mol. The van der Waals surface area contributed by atoms with Crippen LogP contribution in [0.4, 0.5) is 0 Å². The van der Waals surface area contributed by atoms with Crippen molar-refractivity contribution in [2.45, 2.75) is 50.4 Å². The largest absolute Gasteiger partial charge is 0.340 e. The second-order valence-corrected chi connectivity index (χ2v) is 5.46. The Morgan fingerprint density at radius 1 is 1.38 bits per heavy atom. The van der Waals surface area contributed by atoms with E-state index in [0.29, 0.717) is 11.9 Å². The highest BCUT2D eigenvalue weighted by molar-refractivity contribution is 7.99. The monoisotopic (exact) mass is 241 g/mol. The van der Waals surface area contributed by atoms with Crippen molar-refractivity contribution in [2.24, 2.45) is 0 Å². The van der Waals surface area contributed by atoms with E-state index in [1.807, 2.05) is 18.7 Å². The molecule has 0 saturated heterocycles. The standard InChI is InChI=1S/C11H19N3OS/c1-8-13-11(14-15-8)7-12-9-3-5-10(16-2)6-4-9/h9-10,12H,3-7H2,1-2H3. The third-order valence-corrected chi connectivity index (χ3v) is 4.26. The van der Waals surface area contributed by atoms with Crippen molar-refractivity contribution in [3.8, 4) is 0 Å². The van der Waals surface area contributed by atoms with Crippen molar-refractivity contribution in [3.05, 3.63) is 11.7 Å². The summed E-state index contributed by atoms with van der Waals surface area (Å²) in [6, 6.07) is 0.627. The van der Waals surface area contributed by atoms with E-state index in [0.717, 1.165) is 17.6 Å². The van der Waals surface area contributed by atoms with Gasteiger partial charge in [0.05, 0.1) is 6.54 Å². The fourth-order valence-electron chi connectivity index (χ4n) is 2.15. The zero-order valence-corrected chi connectivity index (χ0v) is 10.7. The molecule has 90 valence electrons. The molecular weight excluding hydrogens is 222 g/mol. The third-order valence-electron chi connectivity index (χ3n) is 3.13. The normalized spacial score (nSPS) is 25.9. The summed E-state index contributed by atoms with van der Waals surface area (Å²) in [7, 11) is 0. The average Bonchev–Trinajstić information content (AvgIpc) is 2.73. The van der Waals surface area contributed by atoms with E-state index in [1.165, 1.54) is 25.7 Å². The Morgan fingerprint density at radius 2 is 2.12 bits per heavy atom. The molecule has 0 unspecified atom stereocenters. The Kier molecular flexibility index (Phi) is 4.23. The molecule has 0 spiro atoms. The summed E-state index contributed by atoms with van der Waals surface area (Å²) in [5.41, 5.74) is 0. The molecule has 5 heteroatoms. The van der Waals surface area contributed by atoms with E-state index >= 15 is 0 Å². The van der Waals surface area contributed by atoms with Gasteiger partial charge in [-0.3, -0.25) is 0 Å². The molecule has 0 radical (unpaired) electrons. The van der Waals surface area contributed by atoms with Gasteiger partial charge in [-0.15, -0.1) is 0 Å². The average molecular weight is 241 g/mol. The molecule has 0 atom stereocenters. The number of aromatic nitrogens is 2. The molecule has 0 bridgehead atoms. The minimum atomic E-state index is 0.627. The third kappa shape index (κ3) is 3.22. The lowest BCUT2D eigenvalue weighted by Gasteiger charge is -2.27. The van der Waals surface area contributed by atoms with Gasteiger partial charge in [0, 0.05) is 18.2 Å². The highest BCUT2D eigenvalue weighted by atomic mass is 32.2. The van der Waals surface area contributed by atoms with Crippen molar-refractivity contribution < 1.29 is 4.52 Å². The van der Waals surface area contributed by atoms with Crippen LogP contribution in [0.3, 0.4) is 0 Å². The Balaban J connectivity index is 1.71. The van der Waals surface area contributed by atoms with Gasteiger partial charge in [0.2, 0.25) is 5.89 Å². The molecule has 1 fully saturated rings. The Morgan fingerprint density at radius 3 is 2.69 bits per heavy atom. The van der Waals surface area contributed by atoms with Gasteiger partial charge in [0.25, 0.3) is 0 Å². The topological polar surface area (TPSA) is 51.0 Å². The number of aryl methyl sites for hydroxylation is 1. The molecule has 2 rings (SSSR count). The molecule has 1 saturated carbocycles. The highest BCUT2D eigenvalue weighted by Gasteiger charge is 2.20. The van der Waals surface area contributed by atoms with E-state index in [4.69, 9.17) is 4.52 Å². The first-order chi connectivity index (χ1) is 7.78. The van der Waals surface area contributed by atoms with E-state index in [-0.39, 0.29) is 0 Å². The van der Waals surface area contributed by atoms with Gasteiger partial charge in [-0.1, -0.05) is 5.16 Å². The summed E-state index contributed by atoms with van der Waals surface area (Å²) < 4.78 is 4.93. The molecule has 1 aromatic rings. The van der Waals surface area contributed by atoms with Crippen LogP contribution in [0.2, 0.25) is 0 Å². The summed E-state index contributed by atoms with van der Waals surface area (Å²) in [4.78, 5) is 4.18. The van der Waals surface area contributed by atoms with Crippen LogP contribution < -0.4 is 5.32 Å². The minimum Gasteiger partial charge on any atom is -0.340 e. The van der Waals surface area contributed by atoms with Gasteiger partial charge in [-0.2, -0.15) is 16.7 Å². The van der Waals surface area contributed by atoms with Crippen LogP contribution >= 0.6 is 11.8 Å². The maximum atomic E-state index is 4.93. The Labute approximate surface area is 101 Å². The van der Waals surface area contributed by atoms with Crippen LogP contribution in [0.15, 0.2) is 4.52 Å². The molecule has 0 amide bonds. The van der Waals surface area contributed by atoms with Crippen LogP contribution in [0, 0.1) is 6.92 Å². The fourth-order valence-corrected chi connectivity index (χ4v) is 2.89. The Hall–Kier alpha value is -0.550. The maximum Gasteiger partial charge on any atom is 0.223 e. The quantitative estimate of drug-likeness (QED) is 0.875. The highest BCUT2D eigenvalue weighted by Crippen LogP contribution is 2.26. The van der Waals surface area contributed by atoms with E-state index < -0.39 is 0 Å². The fraction of sp³-hybridized carbons (Fsp3) is 0.818. The number of nitrogens with one attached hydrogen (secondary N) is 1. The van der Waals surface area contributed by atoms with Crippen molar-refractivity contribution in [2.75, 3.05) is 6.26 Å². The van der Waals surface area contributed by atoms with Gasteiger partial charge in [0.15, 0.2) is 5.82 Å². The van der Waals surface area contributed by atoms with Gasteiger partial charge in [-0.25, -0.2) is 0 Å². The number of hydrogen-bond acceptors (Lipinski definition) is 5. The first-order valence-electron chi connectivity index (χ1n) is 5.83. The lowest BCUT2D eigenvalue weighted by atomic mass is 9.95. The lowest BCUT2D eigenvalue weighted by molar-refractivity contribution is 0.362. The number of rotatable bonds is 4. The summed E-state index contributed by atoms with van der Waals surface area (Å²) in [6.07, 6.45) is 7.39. The molecular formula is C11H19N3OS. The maximum absolute atomic E-state index is 4.93. The molecule has 0 aromatic carbocycles. The first kappa shape index (κ1) is 11.9.